The second-order valence-electron chi connectivity index (χ2n) is 5.99. The number of rotatable bonds is 7. The highest BCUT2D eigenvalue weighted by atomic mass is 35.5. The van der Waals surface area contributed by atoms with Crippen molar-refractivity contribution in [1.29, 1.82) is 0 Å². The lowest BCUT2D eigenvalue weighted by atomic mass is 10.2. The van der Waals surface area contributed by atoms with E-state index in [0.29, 0.717) is 22.1 Å². The summed E-state index contributed by atoms with van der Waals surface area (Å²) in [5.41, 5.74) is 3.52. The van der Waals surface area contributed by atoms with Gasteiger partial charge in [0.25, 0.3) is 5.91 Å². The average molecular weight is 414 g/mol. The van der Waals surface area contributed by atoms with Crippen molar-refractivity contribution < 1.29 is 18.9 Å². The van der Waals surface area contributed by atoms with Gasteiger partial charge in [-0.1, -0.05) is 29.8 Å². The maximum atomic E-state index is 11.9. The molecule has 0 spiro atoms. The lowest BCUT2D eigenvalue weighted by Crippen LogP contribution is -2.24. The number of benzene rings is 2. The molecule has 1 heterocycles. The zero-order valence-corrected chi connectivity index (χ0v) is 16.1. The number of furan rings is 1. The minimum Gasteiger partial charge on any atom is -0.477 e. The van der Waals surface area contributed by atoms with E-state index in [1.807, 2.05) is 18.2 Å². The zero-order chi connectivity index (χ0) is 20.8. The Morgan fingerprint density at radius 1 is 1.28 bits per heavy atom. The van der Waals surface area contributed by atoms with Crippen molar-refractivity contribution in [2.45, 2.75) is 6.92 Å². The van der Waals surface area contributed by atoms with Crippen molar-refractivity contribution >= 4 is 29.4 Å². The molecule has 3 aromatic rings. The fourth-order valence-electron chi connectivity index (χ4n) is 2.46. The molecule has 0 unspecified atom stereocenters. The predicted octanol–water partition coefficient (Wildman–Crippen LogP) is 4.35. The van der Waals surface area contributed by atoms with Crippen molar-refractivity contribution in [1.82, 2.24) is 5.43 Å². The second-order valence-corrected chi connectivity index (χ2v) is 6.40. The molecule has 1 N–H and O–H groups in total. The van der Waals surface area contributed by atoms with Crippen LogP contribution < -0.4 is 10.2 Å². The third-order valence-corrected chi connectivity index (χ3v) is 4.15. The van der Waals surface area contributed by atoms with Crippen molar-refractivity contribution in [2.75, 3.05) is 6.61 Å². The highest BCUT2D eigenvalue weighted by Crippen LogP contribution is 2.29. The summed E-state index contributed by atoms with van der Waals surface area (Å²) in [7, 11) is 0. The summed E-state index contributed by atoms with van der Waals surface area (Å²) in [5.74, 6) is 0.415. The quantitative estimate of drug-likeness (QED) is 0.352. The summed E-state index contributed by atoms with van der Waals surface area (Å²) in [4.78, 5) is 22.4. The van der Waals surface area contributed by atoms with Crippen LogP contribution in [0.25, 0.3) is 11.3 Å². The fraction of sp³-hybridized carbons (Fsp3) is 0.100. The van der Waals surface area contributed by atoms with Gasteiger partial charge in [0.05, 0.1) is 16.2 Å². The van der Waals surface area contributed by atoms with Gasteiger partial charge < -0.3 is 9.15 Å². The Labute approximate surface area is 170 Å². The van der Waals surface area contributed by atoms with Gasteiger partial charge in [-0.3, -0.25) is 14.9 Å². The van der Waals surface area contributed by atoms with Crippen LogP contribution in [0.3, 0.4) is 0 Å². The zero-order valence-electron chi connectivity index (χ0n) is 15.3. The van der Waals surface area contributed by atoms with E-state index < -0.39 is 17.4 Å². The molecule has 1 aromatic heterocycles. The standard InChI is InChI=1S/C20H16ClN3O5/c1-13-6-8-19(17(10-13)24(26)27)28-12-20(25)23-22-11-14-7-9-18(29-14)15-4-2-3-5-16(15)21/h2-11H,12H2,1H3,(H,23,25)/b22-11+. The van der Waals surface area contributed by atoms with Crippen molar-refractivity contribution in [3.05, 3.63) is 81.1 Å². The maximum Gasteiger partial charge on any atom is 0.311 e. The molecule has 0 fully saturated rings. The number of amides is 1. The van der Waals surface area contributed by atoms with E-state index in [9.17, 15) is 14.9 Å². The van der Waals surface area contributed by atoms with E-state index >= 15 is 0 Å². The molecule has 9 heteroatoms. The van der Waals surface area contributed by atoms with E-state index in [2.05, 4.69) is 10.5 Å². The molecule has 0 aliphatic rings. The molecular formula is C20H16ClN3O5. The monoisotopic (exact) mass is 413 g/mol. The molecule has 148 valence electrons. The second kappa shape index (κ2) is 9.03. The highest BCUT2D eigenvalue weighted by molar-refractivity contribution is 6.33. The van der Waals surface area contributed by atoms with E-state index in [1.165, 1.54) is 18.3 Å². The van der Waals surface area contributed by atoms with Gasteiger partial charge in [0, 0.05) is 11.6 Å². The van der Waals surface area contributed by atoms with Crippen LogP contribution in [0.2, 0.25) is 5.02 Å². The highest BCUT2D eigenvalue weighted by Gasteiger charge is 2.16. The molecular weight excluding hydrogens is 398 g/mol. The molecule has 3 rings (SSSR count). The van der Waals surface area contributed by atoms with Crippen LogP contribution >= 0.6 is 11.6 Å². The number of ether oxygens (including phenoxy) is 1. The molecule has 1 amide bonds. The molecule has 0 aliphatic carbocycles. The van der Waals surface area contributed by atoms with Crippen LogP contribution in [0.5, 0.6) is 5.75 Å². The molecule has 0 radical (unpaired) electrons. The van der Waals surface area contributed by atoms with Crippen LogP contribution in [0, 0.1) is 17.0 Å². The van der Waals surface area contributed by atoms with Crippen molar-refractivity contribution in [2.24, 2.45) is 5.10 Å². The van der Waals surface area contributed by atoms with Crippen LogP contribution in [0.4, 0.5) is 5.69 Å². The number of hydrogen-bond donors (Lipinski definition) is 1. The van der Waals surface area contributed by atoms with Crippen LogP contribution in [0.1, 0.15) is 11.3 Å². The van der Waals surface area contributed by atoms with E-state index in [0.717, 1.165) is 5.56 Å². The number of carbonyl (C=O) groups is 1. The van der Waals surface area contributed by atoms with Crippen LogP contribution in [0.15, 0.2) is 64.1 Å². The lowest BCUT2D eigenvalue weighted by molar-refractivity contribution is -0.385. The lowest BCUT2D eigenvalue weighted by Gasteiger charge is -2.06. The first-order valence-corrected chi connectivity index (χ1v) is 8.86. The van der Waals surface area contributed by atoms with Gasteiger partial charge in [-0.2, -0.15) is 5.10 Å². The van der Waals surface area contributed by atoms with Gasteiger partial charge in [-0.15, -0.1) is 0 Å². The number of hydrogen-bond acceptors (Lipinski definition) is 6. The summed E-state index contributed by atoms with van der Waals surface area (Å²) >= 11 is 6.13. The number of carbonyl (C=O) groups excluding carboxylic acids is 1. The van der Waals surface area contributed by atoms with Gasteiger partial charge in [-0.25, -0.2) is 5.43 Å². The number of nitrogens with zero attached hydrogens (tertiary/aromatic N) is 2. The largest absolute Gasteiger partial charge is 0.477 e. The average Bonchev–Trinajstić information content (AvgIpc) is 3.16. The third-order valence-electron chi connectivity index (χ3n) is 3.82. The molecule has 0 atom stereocenters. The summed E-state index contributed by atoms with van der Waals surface area (Å²) in [6, 6.07) is 15.1. The van der Waals surface area contributed by atoms with E-state index in [1.54, 1.807) is 31.2 Å². The Morgan fingerprint density at radius 3 is 2.83 bits per heavy atom. The van der Waals surface area contributed by atoms with Gasteiger partial charge in [0.1, 0.15) is 11.5 Å². The number of halogens is 1. The van der Waals surface area contributed by atoms with Crippen LogP contribution in [-0.4, -0.2) is 23.7 Å². The normalized spacial score (nSPS) is 10.8. The molecule has 0 bridgehead atoms. The van der Waals surface area contributed by atoms with Gasteiger partial charge in [0.15, 0.2) is 12.4 Å². The molecule has 8 nitrogen and oxygen atoms in total. The summed E-state index contributed by atoms with van der Waals surface area (Å²) in [6.07, 6.45) is 1.33. The molecule has 2 aromatic carbocycles. The molecule has 0 saturated heterocycles. The number of nitrogens with one attached hydrogen (secondary N) is 1. The fourth-order valence-corrected chi connectivity index (χ4v) is 2.69. The minimum absolute atomic E-state index is 0.00939. The summed E-state index contributed by atoms with van der Waals surface area (Å²) in [6.45, 7) is 1.30. The Bertz CT molecular complexity index is 1080. The van der Waals surface area contributed by atoms with Gasteiger partial charge in [-0.05, 0) is 42.8 Å². The maximum absolute atomic E-state index is 11.9. The topological polar surface area (TPSA) is 107 Å². The summed E-state index contributed by atoms with van der Waals surface area (Å²) in [5, 5.41) is 15.4. The predicted molar refractivity (Wildman–Crippen MR) is 108 cm³/mol. The number of hydrazone groups is 1. The number of nitro benzene ring substituents is 1. The molecule has 29 heavy (non-hydrogen) atoms. The first kappa shape index (κ1) is 20.1. The third kappa shape index (κ3) is 5.20. The Morgan fingerprint density at radius 2 is 2.07 bits per heavy atom. The smallest absolute Gasteiger partial charge is 0.311 e. The van der Waals surface area contributed by atoms with Gasteiger partial charge in [0.2, 0.25) is 0 Å². The molecule has 0 aliphatic heterocycles. The van der Waals surface area contributed by atoms with Gasteiger partial charge >= 0.3 is 5.69 Å². The first-order chi connectivity index (χ1) is 13.9. The van der Waals surface area contributed by atoms with Crippen molar-refractivity contribution in [3.8, 4) is 17.1 Å². The Hall–Kier alpha value is -3.65. The first-order valence-electron chi connectivity index (χ1n) is 8.48. The summed E-state index contributed by atoms with van der Waals surface area (Å²) < 4.78 is 10.9. The van der Waals surface area contributed by atoms with Crippen molar-refractivity contribution in [3.63, 3.8) is 0 Å². The van der Waals surface area contributed by atoms with E-state index in [4.69, 9.17) is 20.8 Å². The minimum atomic E-state index is -0.575. The van der Waals surface area contributed by atoms with E-state index in [-0.39, 0.29) is 11.4 Å². The Balaban J connectivity index is 1.56. The SMILES string of the molecule is Cc1ccc(OCC(=O)N/N=C/c2ccc(-c3ccccc3Cl)o2)c([N+](=O)[O-])c1. The Kier molecular flexibility index (Phi) is 6.25. The number of aryl methyl sites for hydroxylation is 1. The van der Waals surface area contributed by atoms with Crippen LogP contribution in [-0.2, 0) is 4.79 Å². The number of nitro groups is 1. The molecule has 0 saturated carbocycles.